The van der Waals surface area contributed by atoms with E-state index in [1.807, 2.05) is 18.2 Å². The standard InChI is InChI=1S/C15H16N4O3/c20-15(14-13-10(3-4-16-14)18-7-19-13)17-6-9-1-2-11-12(5-9)22-8-21-11/h1-2,5,7,14,16H,3-4,6,8H2,(H,17,20)(H,18,19). The molecular weight excluding hydrogens is 284 g/mol. The Morgan fingerprint density at radius 2 is 2.27 bits per heavy atom. The third kappa shape index (κ3) is 2.29. The first-order valence-corrected chi connectivity index (χ1v) is 7.23. The summed E-state index contributed by atoms with van der Waals surface area (Å²) in [7, 11) is 0. The van der Waals surface area contributed by atoms with E-state index in [2.05, 4.69) is 20.6 Å². The number of rotatable bonds is 3. The molecule has 1 unspecified atom stereocenters. The molecule has 0 saturated carbocycles. The van der Waals surface area contributed by atoms with Gasteiger partial charge in [0.1, 0.15) is 6.04 Å². The van der Waals surface area contributed by atoms with Crippen LogP contribution in [0.4, 0.5) is 0 Å². The predicted molar refractivity (Wildman–Crippen MR) is 77.4 cm³/mol. The molecule has 2 aromatic rings. The largest absolute Gasteiger partial charge is 0.454 e. The normalized spacial score (nSPS) is 18.8. The number of carbonyl (C=O) groups excluding carboxylic acids is 1. The van der Waals surface area contributed by atoms with Crippen LogP contribution >= 0.6 is 0 Å². The predicted octanol–water partition coefficient (Wildman–Crippen LogP) is 0.642. The molecule has 3 heterocycles. The first kappa shape index (κ1) is 13.1. The van der Waals surface area contributed by atoms with Crippen LogP contribution in [0.25, 0.3) is 0 Å². The first-order valence-electron chi connectivity index (χ1n) is 7.23. The van der Waals surface area contributed by atoms with Gasteiger partial charge in [0.05, 0.1) is 12.0 Å². The Bertz CT molecular complexity index is 713. The summed E-state index contributed by atoms with van der Waals surface area (Å²) in [5, 5.41) is 6.14. The zero-order valence-electron chi connectivity index (χ0n) is 11.9. The highest BCUT2D eigenvalue weighted by atomic mass is 16.7. The Morgan fingerprint density at radius 3 is 3.23 bits per heavy atom. The highest BCUT2D eigenvalue weighted by molar-refractivity contribution is 5.83. The average molecular weight is 300 g/mol. The highest BCUT2D eigenvalue weighted by Crippen LogP contribution is 2.32. The topological polar surface area (TPSA) is 88.3 Å². The van der Waals surface area contributed by atoms with Gasteiger partial charge in [-0.1, -0.05) is 6.07 Å². The summed E-state index contributed by atoms with van der Waals surface area (Å²) in [6.07, 6.45) is 2.50. The maximum Gasteiger partial charge on any atom is 0.243 e. The number of amides is 1. The van der Waals surface area contributed by atoms with Gasteiger partial charge in [0.2, 0.25) is 12.7 Å². The molecule has 7 heteroatoms. The van der Waals surface area contributed by atoms with Crippen molar-refractivity contribution in [3.8, 4) is 11.5 Å². The lowest BCUT2D eigenvalue weighted by Gasteiger charge is -2.22. The summed E-state index contributed by atoms with van der Waals surface area (Å²) < 4.78 is 10.6. The number of carbonyl (C=O) groups is 1. The molecule has 4 rings (SSSR count). The molecule has 0 radical (unpaired) electrons. The molecule has 0 spiro atoms. The van der Waals surface area contributed by atoms with E-state index in [9.17, 15) is 4.79 Å². The van der Waals surface area contributed by atoms with Crippen LogP contribution in [0.5, 0.6) is 11.5 Å². The van der Waals surface area contributed by atoms with Gasteiger partial charge in [0.25, 0.3) is 0 Å². The van der Waals surface area contributed by atoms with Crippen LogP contribution in [0.3, 0.4) is 0 Å². The van der Waals surface area contributed by atoms with Crippen LogP contribution in [0, 0.1) is 0 Å². The Hall–Kier alpha value is -2.54. The molecule has 1 aromatic heterocycles. The van der Waals surface area contributed by atoms with Gasteiger partial charge in [-0.15, -0.1) is 0 Å². The number of hydrogen-bond acceptors (Lipinski definition) is 5. The molecule has 0 bridgehead atoms. The maximum absolute atomic E-state index is 12.4. The molecule has 2 aliphatic heterocycles. The van der Waals surface area contributed by atoms with Crippen molar-refractivity contribution in [2.45, 2.75) is 19.0 Å². The van der Waals surface area contributed by atoms with Crippen LogP contribution in [0.15, 0.2) is 24.5 Å². The second-order valence-corrected chi connectivity index (χ2v) is 5.31. The Morgan fingerprint density at radius 1 is 1.36 bits per heavy atom. The molecule has 114 valence electrons. The number of aromatic nitrogens is 2. The number of fused-ring (bicyclic) bond motifs is 2. The van der Waals surface area contributed by atoms with E-state index >= 15 is 0 Å². The Kier molecular flexibility index (Phi) is 3.19. The van der Waals surface area contributed by atoms with Crippen molar-refractivity contribution >= 4 is 5.91 Å². The molecule has 1 atom stereocenters. The van der Waals surface area contributed by atoms with Crippen molar-refractivity contribution < 1.29 is 14.3 Å². The fourth-order valence-electron chi connectivity index (χ4n) is 2.78. The molecule has 1 amide bonds. The number of ether oxygens (including phenoxy) is 2. The van der Waals surface area contributed by atoms with E-state index in [0.717, 1.165) is 41.4 Å². The Balaban J connectivity index is 1.43. The second-order valence-electron chi connectivity index (χ2n) is 5.31. The Labute approximate surface area is 127 Å². The summed E-state index contributed by atoms with van der Waals surface area (Å²) in [6, 6.07) is 5.26. The lowest BCUT2D eigenvalue weighted by atomic mass is 10.0. The average Bonchev–Trinajstić information content (AvgIpc) is 3.20. The third-order valence-electron chi connectivity index (χ3n) is 3.91. The quantitative estimate of drug-likeness (QED) is 0.774. The monoisotopic (exact) mass is 300 g/mol. The lowest BCUT2D eigenvalue weighted by Crippen LogP contribution is -2.41. The van der Waals surface area contributed by atoms with Crippen LogP contribution in [-0.2, 0) is 17.8 Å². The van der Waals surface area contributed by atoms with Crippen LogP contribution in [0.2, 0.25) is 0 Å². The van der Waals surface area contributed by atoms with Crippen molar-refractivity contribution in [1.82, 2.24) is 20.6 Å². The van der Waals surface area contributed by atoms with Gasteiger partial charge >= 0.3 is 0 Å². The van der Waals surface area contributed by atoms with E-state index < -0.39 is 6.04 Å². The number of H-pyrrole nitrogens is 1. The summed E-state index contributed by atoms with van der Waals surface area (Å²) >= 11 is 0. The van der Waals surface area contributed by atoms with E-state index in [4.69, 9.17) is 9.47 Å². The first-order chi connectivity index (χ1) is 10.8. The number of nitrogens with one attached hydrogen (secondary N) is 3. The van der Waals surface area contributed by atoms with E-state index in [0.29, 0.717) is 6.54 Å². The van der Waals surface area contributed by atoms with Gasteiger partial charge in [0.15, 0.2) is 11.5 Å². The van der Waals surface area contributed by atoms with Crippen molar-refractivity contribution in [1.29, 1.82) is 0 Å². The fraction of sp³-hybridized carbons (Fsp3) is 0.333. The number of benzene rings is 1. The van der Waals surface area contributed by atoms with Gasteiger partial charge in [0, 0.05) is 25.2 Å². The van der Waals surface area contributed by atoms with Crippen LogP contribution < -0.4 is 20.1 Å². The molecule has 2 aliphatic rings. The van der Waals surface area contributed by atoms with Gasteiger partial charge in [-0.3, -0.25) is 4.79 Å². The smallest absolute Gasteiger partial charge is 0.243 e. The van der Waals surface area contributed by atoms with Crippen molar-refractivity contribution in [2.24, 2.45) is 0 Å². The molecular formula is C15H16N4O3. The maximum atomic E-state index is 12.4. The van der Waals surface area contributed by atoms with Crippen molar-refractivity contribution in [3.05, 3.63) is 41.5 Å². The zero-order valence-corrected chi connectivity index (χ0v) is 11.9. The lowest BCUT2D eigenvalue weighted by molar-refractivity contribution is -0.123. The molecule has 7 nitrogen and oxygen atoms in total. The second kappa shape index (κ2) is 5.34. The van der Waals surface area contributed by atoms with E-state index in [1.165, 1.54) is 0 Å². The molecule has 0 saturated heterocycles. The van der Waals surface area contributed by atoms with E-state index in [-0.39, 0.29) is 12.7 Å². The molecule has 3 N–H and O–H groups in total. The SMILES string of the molecule is O=C(NCc1ccc2c(c1)OCO2)C1NCCc2[nH]cnc21. The van der Waals surface area contributed by atoms with Gasteiger partial charge in [-0.2, -0.15) is 0 Å². The summed E-state index contributed by atoms with van der Waals surface area (Å²) in [4.78, 5) is 19.7. The highest BCUT2D eigenvalue weighted by Gasteiger charge is 2.28. The van der Waals surface area contributed by atoms with Crippen molar-refractivity contribution in [3.63, 3.8) is 0 Å². The molecule has 1 aromatic carbocycles. The minimum Gasteiger partial charge on any atom is -0.454 e. The minimum atomic E-state index is -0.399. The van der Waals surface area contributed by atoms with Gasteiger partial charge in [-0.25, -0.2) is 4.98 Å². The van der Waals surface area contributed by atoms with Gasteiger partial charge in [-0.05, 0) is 17.7 Å². The summed E-state index contributed by atoms with van der Waals surface area (Å²) in [5.74, 6) is 1.38. The van der Waals surface area contributed by atoms with Crippen molar-refractivity contribution in [2.75, 3.05) is 13.3 Å². The van der Waals surface area contributed by atoms with Crippen LogP contribution in [-0.4, -0.2) is 29.2 Å². The minimum absolute atomic E-state index is 0.0780. The number of nitrogens with zero attached hydrogens (tertiary/aromatic N) is 1. The van der Waals surface area contributed by atoms with Gasteiger partial charge < -0.3 is 25.1 Å². The number of aromatic amines is 1. The van der Waals surface area contributed by atoms with E-state index in [1.54, 1.807) is 6.33 Å². The summed E-state index contributed by atoms with van der Waals surface area (Å²) in [6.45, 7) is 1.45. The zero-order chi connectivity index (χ0) is 14.9. The molecule has 22 heavy (non-hydrogen) atoms. The molecule has 0 fully saturated rings. The summed E-state index contributed by atoms with van der Waals surface area (Å²) in [5.41, 5.74) is 2.78. The number of imidazole rings is 1. The third-order valence-corrected chi connectivity index (χ3v) is 3.91. The fourth-order valence-corrected chi connectivity index (χ4v) is 2.78. The number of hydrogen-bond donors (Lipinski definition) is 3. The molecule has 0 aliphatic carbocycles. The van der Waals surface area contributed by atoms with Crippen LogP contribution in [0.1, 0.15) is 23.0 Å².